The molecule has 0 unspecified atom stereocenters. The van der Waals surface area contributed by atoms with Crippen LogP contribution in [-0.4, -0.2) is 54.1 Å². The molecule has 3 N–H and O–H groups in total. The van der Waals surface area contributed by atoms with Crippen LogP contribution in [0, 0.1) is 0 Å². The van der Waals surface area contributed by atoms with Crippen LogP contribution in [0.4, 0.5) is 5.95 Å². The van der Waals surface area contributed by atoms with Crippen LogP contribution in [0.25, 0.3) is 22.2 Å². The predicted octanol–water partition coefficient (Wildman–Crippen LogP) is 3.50. The third-order valence-corrected chi connectivity index (χ3v) is 6.32. The number of nitrogens with zero attached hydrogens (tertiary/aromatic N) is 3. The topological polar surface area (TPSA) is 114 Å². The van der Waals surface area contributed by atoms with E-state index in [2.05, 4.69) is 15.3 Å². The van der Waals surface area contributed by atoms with E-state index < -0.39 is 0 Å². The third-order valence-electron chi connectivity index (χ3n) is 5.57. The normalized spacial score (nSPS) is 18.2. The Morgan fingerprint density at radius 3 is 2.39 bits per heavy atom. The van der Waals surface area contributed by atoms with E-state index in [4.69, 9.17) is 43.1 Å². The minimum atomic E-state index is -0.304. The van der Waals surface area contributed by atoms with Gasteiger partial charge in [0.1, 0.15) is 17.1 Å². The fourth-order valence-corrected chi connectivity index (χ4v) is 4.56. The molecule has 1 saturated heterocycles. The molecule has 11 heteroatoms. The van der Waals surface area contributed by atoms with Crippen molar-refractivity contribution in [1.82, 2.24) is 14.5 Å². The number of nitrogens with two attached hydrogens (primary N) is 1. The lowest BCUT2D eigenvalue weighted by Gasteiger charge is -2.19. The SMILES string of the molecule is COc1cc(OC)c(Cl)c(-c2cc3cnc(N[C@@H]4COC[C@@H]4N)nc3n(C(C)C)c2=O)c1Cl. The van der Waals surface area contributed by atoms with Crippen LogP contribution in [0.1, 0.15) is 19.9 Å². The van der Waals surface area contributed by atoms with Gasteiger partial charge in [0.25, 0.3) is 5.56 Å². The molecule has 0 spiro atoms. The second kappa shape index (κ2) is 9.34. The molecule has 0 amide bonds. The van der Waals surface area contributed by atoms with E-state index in [0.717, 1.165) is 0 Å². The number of nitrogens with one attached hydrogen (secondary N) is 1. The molecule has 176 valence electrons. The molecule has 4 rings (SSSR count). The van der Waals surface area contributed by atoms with Crippen molar-refractivity contribution in [2.45, 2.75) is 32.0 Å². The summed E-state index contributed by atoms with van der Waals surface area (Å²) in [6, 6.07) is 2.78. The number of benzene rings is 1. The number of aromatic nitrogens is 3. The molecule has 0 saturated carbocycles. The standard InChI is InChI=1S/C22H25Cl2N5O4/c1-10(2)29-20-11(7-26-22(28-20)27-14-9-33-8-13(14)25)5-12(21(29)30)17-18(23)15(31-3)6-16(32-4)19(17)24/h5-7,10,13-14H,8-9,25H2,1-4H3,(H,26,27,28)/t13-,14+/m0/s1. The number of anilines is 1. The highest BCUT2D eigenvalue weighted by molar-refractivity contribution is 6.41. The van der Waals surface area contributed by atoms with Gasteiger partial charge in [-0.05, 0) is 19.9 Å². The summed E-state index contributed by atoms with van der Waals surface area (Å²) in [5.74, 6) is 1.05. The van der Waals surface area contributed by atoms with Crippen LogP contribution >= 0.6 is 23.2 Å². The van der Waals surface area contributed by atoms with Gasteiger partial charge in [-0.25, -0.2) is 4.98 Å². The monoisotopic (exact) mass is 493 g/mol. The largest absolute Gasteiger partial charge is 0.495 e. The first-order chi connectivity index (χ1) is 15.8. The summed E-state index contributed by atoms with van der Waals surface area (Å²) in [7, 11) is 2.96. The Bertz CT molecular complexity index is 1240. The molecule has 0 aliphatic carbocycles. The number of ether oxygens (including phenoxy) is 3. The van der Waals surface area contributed by atoms with Crippen LogP contribution in [0.15, 0.2) is 23.1 Å². The molecular formula is C22H25Cl2N5O4. The number of methoxy groups -OCH3 is 2. The average molecular weight is 494 g/mol. The van der Waals surface area contributed by atoms with Crippen LogP contribution in [0.3, 0.4) is 0 Å². The van der Waals surface area contributed by atoms with Crippen molar-refractivity contribution in [3.8, 4) is 22.6 Å². The molecule has 1 aliphatic heterocycles. The average Bonchev–Trinajstić information content (AvgIpc) is 3.18. The summed E-state index contributed by atoms with van der Waals surface area (Å²) in [5, 5.41) is 4.27. The minimum Gasteiger partial charge on any atom is -0.495 e. The van der Waals surface area contributed by atoms with Crippen molar-refractivity contribution in [2.24, 2.45) is 5.73 Å². The van der Waals surface area contributed by atoms with E-state index in [-0.39, 0.29) is 33.7 Å². The van der Waals surface area contributed by atoms with Crippen LogP contribution in [-0.2, 0) is 4.74 Å². The Morgan fingerprint density at radius 2 is 1.85 bits per heavy atom. The zero-order valence-corrected chi connectivity index (χ0v) is 20.2. The van der Waals surface area contributed by atoms with Gasteiger partial charge in [-0.1, -0.05) is 23.2 Å². The smallest absolute Gasteiger partial charge is 0.260 e. The van der Waals surface area contributed by atoms with E-state index in [1.165, 1.54) is 14.2 Å². The number of rotatable bonds is 6. The van der Waals surface area contributed by atoms with Gasteiger partial charge in [0, 0.05) is 29.3 Å². The van der Waals surface area contributed by atoms with Crippen LogP contribution in [0.2, 0.25) is 10.0 Å². The van der Waals surface area contributed by atoms with E-state index in [1.54, 1.807) is 22.9 Å². The van der Waals surface area contributed by atoms with Gasteiger partial charge in [-0.15, -0.1) is 0 Å². The molecule has 9 nitrogen and oxygen atoms in total. The quantitative estimate of drug-likeness (QED) is 0.536. The lowest BCUT2D eigenvalue weighted by Crippen LogP contribution is -2.39. The molecule has 1 aromatic carbocycles. The molecule has 1 aliphatic rings. The number of pyridine rings is 1. The summed E-state index contributed by atoms with van der Waals surface area (Å²) in [6.45, 7) is 4.73. The Kier molecular flexibility index (Phi) is 6.67. The molecule has 2 aromatic heterocycles. The fourth-order valence-electron chi connectivity index (χ4n) is 3.86. The maximum atomic E-state index is 13.7. The summed E-state index contributed by atoms with van der Waals surface area (Å²) >= 11 is 13.2. The predicted molar refractivity (Wildman–Crippen MR) is 129 cm³/mol. The Balaban J connectivity index is 1.93. The molecule has 2 atom stereocenters. The first-order valence-electron chi connectivity index (χ1n) is 10.4. The summed E-state index contributed by atoms with van der Waals surface area (Å²) < 4.78 is 17.7. The summed E-state index contributed by atoms with van der Waals surface area (Å²) in [4.78, 5) is 22.7. The van der Waals surface area contributed by atoms with Gasteiger partial charge >= 0.3 is 0 Å². The second-order valence-corrected chi connectivity index (χ2v) is 8.79. The number of halogens is 2. The number of hydrogen-bond donors (Lipinski definition) is 2. The fraction of sp³-hybridized carbons (Fsp3) is 0.409. The van der Waals surface area contributed by atoms with Crippen LogP contribution in [0.5, 0.6) is 11.5 Å². The molecule has 0 bridgehead atoms. The molecular weight excluding hydrogens is 469 g/mol. The van der Waals surface area contributed by atoms with Crippen LogP contribution < -0.4 is 26.1 Å². The highest BCUT2D eigenvalue weighted by atomic mass is 35.5. The summed E-state index contributed by atoms with van der Waals surface area (Å²) in [5.41, 5.74) is 6.85. The first-order valence-corrected chi connectivity index (χ1v) is 11.1. The van der Waals surface area contributed by atoms with Gasteiger partial charge in [0.05, 0.1) is 55.1 Å². The van der Waals surface area contributed by atoms with Crippen molar-refractivity contribution in [3.63, 3.8) is 0 Å². The van der Waals surface area contributed by atoms with Crippen molar-refractivity contribution in [2.75, 3.05) is 32.8 Å². The molecule has 3 heterocycles. The van der Waals surface area contributed by atoms with Crippen molar-refractivity contribution < 1.29 is 14.2 Å². The maximum Gasteiger partial charge on any atom is 0.260 e. The second-order valence-electron chi connectivity index (χ2n) is 8.04. The van der Waals surface area contributed by atoms with E-state index in [1.807, 2.05) is 13.8 Å². The highest BCUT2D eigenvalue weighted by Crippen LogP contribution is 2.45. The summed E-state index contributed by atoms with van der Waals surface area (Å²) in [6.07, 6.45) is 1.65. The molecule has 3 aromatic rings. The Hall–Kier alpha value is -2.59. The highest BCUT2D eigenvalue weighted by Gasteiger charge is 2.27. The van der Waals surface area contributed by atoms with Gasteiger partial charge in [0.15, 0.2) is 0 Å². The Labute approximate surface area is 200 Å². The maximum absolute atomic E-state index is 13.7. The number of fused-ring (bicyclic) bond motifs is 1. The minimum absolute atomic E-state index is 0.109. The van der Waals surface area contributed by atoms with Gasteiger partial charge in [-0.3, -0.25) is 9.36 Å². The zero-order chi connectivity index (χ0) is 23.9. The molecule has 1 fully saturated rings. The van der Waals surface area contributed by atoms with Gasteiger partial charge in [0.2, 0.25) is 5.95 Å². The first kappa shape index (κ1) is 23.6. The van der Waals surface area contributed by atoms with Gasteiger partial charge < -0.3 is 25.3 Å². The Morgan fingerprint density at radius 1 is 1.18 bits per heavy atom. The van der Waals surface area contributed by atoms with Gasteiger partial charge in [-0.2, -0.15) is 4.98 Å². The van der Waals surface area contributed by atoms with E-state index in [0.29, 0.717) is 52.8 Å². The molecule has 0 radical (unpaired) electrons. The lowest BCUT2D eigenvalue weighted by molar-refractivity contribution is 0.192. The number of hydrogen-bond acceptors (Lipinski definition) is 8. The van der Waals surface area contributed by atoms with E-state index in [9.17, 15) is 4.79 Å². The molecule has 33 heavy (non-hydrogen) atoms. The third kappa shape index (κ3) is 4.21. The lowest BCUT2D eigenvalue weighted by atomic mass is 10.0. The van der Waals surface area contributed by atoms with Crippen molar-refractivity contribution in [1.29, 1.82) is 0 Å². The zero-order valence-electron chi connectivity index (χ0n) is 18.7. The van der Waals surface area contributed by atoms with Crippen molar-refractivity contribution >= 4 is 40.2 Å². The van der Waals surface area contributed by atoms with Crippen molar-refractivity contribution in [3.05, 3.63) is 38.7 Å². The van der Waals surface area contributed by atoms with E-state index >= 15 is 0 Å².